The number of furan rings is 1. The number of methoxy groups -OCH3 is 1. The molecule has 0 unspecified atom stereocenters. The van der Waals surface area contributed by atoms with Gasteiger partial charge in [-0.3, -0.25) is 4.79 Å². The van der Waals surface area contributed by atoms with Crippen molar-refractivity contribution in [1.29, 1.82) is 0 Å². The molecule has 1 aromatic heterocycles. The number of hydrogen-bond acceptors (Lipinski definition) is 4. The number of ether oxygens (including phenoxy) is 2. The molecule has 122 valence electrons. The molecule has 5 nitrogen and oxygen atoms in total. The predicted molar refractivity (Wildman–Crippen MR) is 85.6 cm³/mol. The molecule has 0 bridgehead atoms. The Morgan fingerprint density at radius 2 is 2.13 bits per heavy atom. The maximum atomic E-state index is 12.7. The maximum Gasteiger partial charge on any atom is 0.290 e. The molecule has 2 saturated heterocycles. The van der Waals surface area contributed by atoms with E-state index in [1.165, 1.54) is 0 Å². The molecule has 2 aromatic rings. The second-order valence-electron chi connectivity index (χ2n) is 6.60. The van der Waals surface area contributed by atoms with Crippen LogP contribution in [0.3, 0.4) is 0 Å². The van der Waals surface area contributed by atoms with Crippen LogP contribution in [0.25, 0.3) is 11.0 Å². The number of nitrogens with zero attached hydrogens (tertiary/aromatic N) is 1. The standard InChI is InChI=1S/C18H21NO4/c1-12-14-5-3-4-6-15(14)23-16(12)17(20)19-10-18(11-19)9-13(21-2)7-8-22-18/h3-6,13H,7-11H2,1-2H3/t13-/m0/s1. The summed E-state index contributed by atoms with van der Waals surface area (Å²) in [5.41, 5.74) is 1.44. The molecular formula is C18H21NO4. The van der Waals surface area contributed by atoms with E-state index in [4.69, 9.17) is 13.9 Å². The van der Waals surface area contributed by atoms with E-state index < -0.39 is 0 Å². The van der Waals surface area contributed by atoms with E-state index in [9.17, 15) is 4.79 Å². The first-order chi connectivity index (χ1) is 11.1. The monoisotopic (exact) mass is 315 g/mol. The Bertz CT molecular complexity index is 745. The van der Waals surface area contributed by atoms with Gasteiger partial charge in [0.15, 0.2) is 5.76 Å². The molecule has 5 heteroatoms. The zero-order chi connectivity index (χ0) is 16.0. The number of fused-ring (bicyclic) bond motifs is 1. The minimum absolute atomic E-state index is 0.0486. The van der Waals surface area contributed by atoms with Gasteiger partial charge in [0.2, 0.25) is 0 Å². The fourth-order valence-electron chi connectivity index (χ4n) is 3.72. The molecule has 0 aliphatic carbocycles. The normalized spacial score (nSPS) is 23.2. The average molecular weight is 315 g/mol. The molecule has 0 saturated carbocycles. The SMILES string of the molecule is CO[C@H]1CCOC2(C1)CN(C(=O)c1oc3ccccc3c1C)C2. The highest BCUT2D eigenvalue weighted by atomic mass is 16.5. The number of carbonyl (C=O) groups is 1. The molecule has 1 amide bonds. The molecule has 2 aliphatic heterocycles. The van der Waals surface area contributed by atoms with Gasteiger partial charge in [0.25, 0.3) is 5.91 Å². The maximum absolute atomic E-state index is 12.7. The Balaban J connectivity index is 1.51. The lowest BCUT2D eigenvalue weighted by atomic mass is 9.84. The zero-order valence-electron chi connectivity index (χ0n) is 13.5. The van der Waals surface area contributed by atoms with Crippen molar-refractivity contribution in [2.45, 2.75) is 31.5 Å². The van der Waals surface area contributed by atoms with Crippen LogP contribution >= 0.6 is 0 Å². The van der Waals surface area contributed by atoms with Crippen molar-refractivity contribution >= 4 is 16.9 Å². The van der Waals surface area contributed by atoms with Crippen molar-refractivity contribution in [3.8, 4) is 0 Å². The van der Waals surface area contributed by atoms with Gasteiger partial charge in [-0.05, 0) is 19.4 Å². The molecule has 1 atom stereocenters. The second-order valence-corrected chi connectivity index (χ2v) is 6.60. The molecule has 4 rings (SSSR count). The van der Waals surface area contributed by atoms with E-state index in [-0.39, 0.29) is 17.6 Å². The van der Waals surface area contributed by atoms with Crippen molar-refractivity contribution in [2.24, 2.45) is 0 Å². The summed E-state index contributed by atoms with van der Waals surface area (Å²) in [7, 11) is 1.74. The third-order valence-corrected chi connectivity index (χ3v) is 5.06. The number of aryl methyl sites for hydroxylation is 1. The van der Waals surface area contributed by atoms with Crippen LogP contribution in [0.1, 0.15) is 29.0 Å². The first kappa shape index (κ1) is 14.7. The van der Waals surface area contributed by atoms with Gasteiger partial charge >= 0.3 is 0 Å². The van der Waals surface area contributed by atoms with Crippen molar-refractivity contribution in [3.63, 3.8) is 0 Å². The third-order valence-electron chi connectivity index (χ3n) is 5.06. The highest BCUT2D eigenvalue weighted by Crippen LogP contribution is 2.37. The van der Waals surface area contributed by atoms with E-state index in [2.05, 4.69) is 0 Å². The van der Waals surface area contributed by atoms with Crippen LogP contribution in [0.5, 0.6) is 0 Å². The minimum atomic E-state index is -0.228. The summed E-state index contributed by atoms with van der Waals surface area (Å²) in [6.07, 6.45) is 2.01. The molecule has 2 aliphatic rings. The van der Waals surface area contributed by atoms with Gasteiger partial charge in [-0.1, -0.05) is 18.2 Å². The highest BCUT2D eigenvalue weighted by Gasteiger charge is 2.50. The van der Waals surface area contributed by atoms with Crippen molar-refractivity contribution in [2.75, 3.05) is 26.8 Å². The lowest BCUT2D eigenvalue weighted by Gasteiger charge is -2.52. The smallest absolute Gasteiger partial charge is 0.290 e. The van der Waals surface area contributed by atoms with E-state index in [1.807, 2.05) is 36.1 Å². The third kappa shape index (κ3) is 2.35. The summed E-state index contributed by atoms with van der Waals surface area (Å²) in [6.45, 7) is 3.86. The van der Waals surface area contributed by atoms with Gasteiger partial charge in [-0.2, -0.15) is 0 Å². The van der Waals surface area contributed by atoms with E-state index in [1.54, 1.807) is 7.11 Å². The Morgan fingerprint density at radius 1 is 1.35 bits per heavy atom. The Labute approximate surface area is 135 Å². The number of likely N-dealkylation sites (tertiary alicyclic amines) is 1. The zero-order valence-corrected chi connectivity index (χ0v) is 13.5. The molecule has 0 N–H and O–H groups in total. The van der Waals surface area contributed by atoms with Crippen molar-refractivity contribution in [1.82, 2.24) is 4.90 Å². The summed E-state index contributed by atoms with van der Waals surface area (Å²) in [5.74, 6) is 0.396. The van der Waals surface area contributed by atoms with E-state index in [0.717, 1.165) is 29.4 Å². The topological polar surface area (TPSA) is 51.9 Å². The van der Waals surface area contributed by atoms with Crippen LogP contribution in [0.2, 0.25) is 0 Å². The summed E-state index contributed by atoms with van der Waals surface area (Å²) in [5, 5.41) is 0.999. The van der Waals surface area contributed by atoms with Crippen LogP contribution in [-0.4, -0.2) is 49.3 Å². The summed E-state index contributed by atoms with van der Waals surface area (Å²) in [6, 6.07) is 7.75. The molecule has 23 heavy (non-hydrogen) atoms. The van der Waals surface area contributed by atoms with E-state index in [0.29, 0.717) is 25.5 Å². The van der Waals surface area contributed by atoms with Gasteiger partial charge < -0.3 is 18.8 Å². The van der Waals surface area contributed by atoms with Crippen LogP contribution in [0.15, 0.2) is 28.7 Å². The average Bonchev–Trinajstić information content (AvgIpc) is 2.89. The fourth-order valence-corrected chi connectivity index (χ4v) is 3.72. The molecule has 2 fully saturated rings. The molecule has 3 heterocycles. The van der Waals surface area contributed by atoms with Crippen molar-refractivity contribution < 1.29 is 18.7 Å². The largest absolute Gasteiger partial charge is 0.451 e. The van der Waals surface area contributed by atoms with Gasteiger partial charge in [0.1, 0.15) is 11.2 Å². The second kappa shape index (κ2) is 5.35. The Kier molecular flexibility index (Phi) is 3.43. The number of rotatable bonds is 2. The van der Waals surface area contributed by atoms with Crippen LogP contribution in [-0.2, 0) is 9.47 Å². The van der Waals surface area contributed by atoms with Gasteiger partial charge in [-0.15, -0.1) is 0 Å². The Morgan fingerprint density at radius 3 is 2.87 bits per heavy atom. The van der Waals surface area contributed by atoms with Gasteiger partial charge in [-0.25, -0.2) is 0 Å². The lowest BCUT2D eigenvalue weighted by Crippen LogP contribution is -2.67. The number of para-hydroxylation sites is 1. The van der Waals surface area contributed by atoms with E-state index >= 15 is 0 Å². The molecule has 0 radical (unpaired) electrons. The number of amides is 1. The van der Waals surface area contributed by atoms with Crippen LogP contribution < -0.4 is 0 Å². The Hall–Kier alpha value is -1.85. The summed E-state index contributed by atoms with van der Waals surface area (Å²) >= 11 is 0. The van der Waals surface area contributed by atoms with Gasteiger partial charge in [0.05, 0.1) is 19.2 Å². The molecular weight excluding hydrogens is 294 g/mol. The molecule has 1 aromatic carbocycles. The fraction of sp³-hybridized carbons (Fsp3) is 0.500. The van der Waals surface area contributed by atoms with Crippen LogP contribution in [0.4, 0.5) is 0 Å². The first-order valence-electron chi connectivity index (χ1n) is 8.06. The number of carbonyl (C=O) groups excluding carboxylic acids is 1. The molecule has 1 spiro atoms. The summed E-state index contributed by atoms with van der Waals surface area (Å²) in [4.78, 5) is 14.5. The lowest BCUT2D eigenvalue weighted by molar-refractivity contribution is -0.182. The number of hydrogen-bond donors (Lipinski definition) is 0. The predicted octanol–water partition coefficient (Wildman–Crippen LogP) is 2.76. The van der Waals surface area contributed by atoms with Crippen LogP contribution in [0, 0.1) is 6.92 Å². The van der Waals surface area contributed by atoms with Gasteiger partial charge in [0, 0.05) is 31.1 Å². The minimum Gasteiger partial charge on any atom is -0.451 e. The quantitative estimate of drug-likeness (QED) is 0.855. The number of benzene rings is 1. The summed E-state index contributed by atoms with van der Waals surface area (Å²) < 4.78 is 17.2. The van der Waals surface area contributed by atoms with Crippen molar-refractivity contribution in [3.05, 3.63) is 35.6 Å². The highest BCUT2D eigenvalue weighted by molar-refractivity contribution is 5.99. The first-order valence-corrected chi connectivity index (χ1v) is 8.06.